The summed E-state index contributed by atoms with van der Waals surface area (Å²) >= 11 is 2.57. The molecule has 0 radical (unpaired) electrons. The van der Waals surface area contributed by atoms with Gasteiger partial charge in [-0.3, -0.25) is 0 Å². The lowest BCUT2D eigenvalue weighted by Crippen LogP contribution is -2.30. The van der Waals surface area contributed by atoms with Crippen LogP contribution in [0.5, 0.6) is 0 Å². The molecule has 0 spiro atoms. The summed E-state index contributed by atoms with van der Waals surface area (Å²) in [7, 11) is 0. The molecule has 100 valence electrons. The maximum atomic E-state index is 11.9. The van der Waals surface area contributed by atoms with E-state index in [2.05, 4.69) is 27.8 Å². The minimum absolute atomic E-state index is 0.212. The number of aliphatic imine (C=N–C) groups is 1. The highest BCUT2D eigenvalue weighted by molar-refractivity contribution is 9.10. The van der Waals surface area contributed by atoms with Gasteiger partial charge in [0, 0.05) is 10.2 Å². The van der Waals surface area contributed by atoms with Crippen LogP contribution in [0.1, 0.15) is 38.8 Å². The Labute approximate surface area is 121 Å². The van der Waals surface area contributed by atoms with Crippen molar-refractivity contribution in [2.45, 2.75) is 39.4 Å². The lowest BCUT2D eigenvalue weighted by Gasteiger charge is -2.22. The Bertz CT molecular complexity index is 452. The Morgan fingerprint density at radius 2 is 2.00 bits per heavy atom. The van der Waals surface area contributed by atoms with Crippen LogP contribution in [0.2, 0.25) is 0 Å². The molecule has 0 bridgehead atoms. The lowest BCUT2D eigenvalue weighted by molar-refractivity contribution is 0.560. The SMILES string of the molecule is C/C(=N\C[S+]([O-])C(C)(C)C)c1cccc(Br)c1C. The van der Waals surface area contributed by atoms with E-state index in [1.165, 1.54) is 5.56 Å². The third-order valence-electron chi connectivity index (χ3n) is 2.76. The van der Waals surface area contributed by atoms with Gasteiger partial charge in [-0.05, 0) is 63.0 Å². The van der Waals surface area contributed by atoms with Gasteiger partial charge in [-0.2, -0.15) is 0 Å². The van der Waals surface area contributed by atoms with Crippen molar-refractivity contribution in [1.29, 1.82) is 0 Å². The van der Waals surface area contributed by atoms with E-state index in [-0.39, 0.29) is 4.75 Å². The number of hydrogen-bond donors (Lipinski definition) is 0. The molecule has 2 nitrogen and oxygen atoms in total. The van der Waals surface area contributed by atoms with Gasteiger partial charge in [0.1, 0.15) is 4.75 Å². The third-order valence-corrected chi connectivity index (χ3v) is 5.35. The van der Waals surface area contributed by atoms with Crippen LogP contribution in [0, 0.1) is 6.92 Å². The molecule has 18 heavy (non-hydrogen) atoms. The normalized spacial score (nSPS) is 14.7. The topological polar surface area (TPSA) is 35.4 Å². The van der Waals surface area contributed by atoms with Crippen molar-refractivity contribution < 1.29 is 4.55 Å². The molecule has 1 unspecified atom stereocenters. The smallest absolute Gasteiger partial charge is 0.196 e. The summed E-state index contributed by atoms with van der Waals surface area (Å²) in [5, 5.41) is 0. The standard InChI is InChI=1S/C14H20BrNOS/c1-10-12(7-6-8-13(10)15)11(2)16-9-18(17)14(3,4)5/h6-8H,9H2,1-5H3/b16-11+. The predicted molar refractivity (Wildman–Crippen MR) is 83.9 cm³/mol. The molecule has 0 amide bonds. The fourth-order valence-corrected chi connectivity index (χ4v) is 2.50. The second kappa shape index (κ2) is 6.22. The van der Waals surface area contributed by atoms with Crippen LogP contribution >= 0.6 is 15.9 Å². The molecule has 4 heteroatoms. The fraction of sp³-hybridized carbons (Fsp3) is 0.500. The van der Waals surface area contributed by atoms with Crippen molar-refractivity contribution >= 4 is 32.8 Å². The summed E-state index contributed by atoms with van der Waals surface area (Å²) in [5.74, 6) is 0.362. The number of halogens is 1. The van der Waals surface area contributed by atoms with Gasteiger partial charge in [-0.1, -0.05) is 28.1 Å². The molecule has 0 aliphatic rings. The van der Waals surface area contributed by atoms with E-state index in [1.54, 1.807) is 0 Å². The van der Waals surface area contributed by atoms with Crippen LogP contribution in [0.4, 0.5) is 0 Å². The largest absolute Gasteiger partial charge is 0.614 e. The summed E-state index contributed by atoms with van der Waals surface area (Å²) in [6.45, 7) is 9.93. The number of benzene rings is 1. The molecule has 0 aliphatic heterocycles. The minimum Gasteiger partial charge on any atom is -0.614 e. The van der Waals surface area contributed by atoms with Crippen molar-refractivity contribution in [1.82, 2.24) is 0 Å². The van der Waals surface area contributed by atoms with Crippen LogP contribution in [0.3, 0.4) is 0 Å². The highest BCUT2D eigenvalue weighted by Gasteiger charge is 2.25. The Hall–Kier alpha value is -0.320. The van der Waals surface area contributed by atoms with Crippen LogP contribution in [-0.2, 0) is 11.2 Å². The van der Waals surface area contributed by atoms with E-state index in [1.807, 2.05) is 45.9 Å². The van der Waals surface area contributed by atoms with Gasteiger partial charge >= 0.3 is 0 Å². The second-order valence-electron chi connectivity index (χ2n) is 5.24. The van der Waals surface area contributed by atoms with Crippen LogP contribution in [0.15, 0.2) is 27.7 Å². The second-order valence-corrected chi connectivity index (χ2v) is 8.27. The van der Waals surface area contributed by atoms with Gasteiger partial charge in [0.25, 0.3) is 0 Å². The van der Waals surface area contributed by atoms with Crippen LogP contribution < -0.4 is 0 Å². The van der Waals surface area contributed by atoms with Gasteiger partial charge in [0.05, 0.1) is 0 Å². The van der Waals surface area contributed by atoms with E-state index in [4.69, 9.17) is 0 Å². The van der Waals surface area contributed by atoms with Gasteiger partial charge in [0.15, 0.2) is 5.88 Å². The Kier molecular flexibility index (Phi) is 5.44. The molecule has 1 aromatic carbocycles. The zero-order valence-corrected chi connectivity index (χ0v) is 14.0. The quantitative estimate of drug-likeness (QED) is 0.608. The molecule has 0 saturated heterocycles. The first-order chi connectivity index (χ1) is 8.23. The van der Waals surface area contributed by atoms with Crippen molar-refractivity contribution in [2.75, 3.05) is 5.88 Å². The Morgan fingerprint density at radius 1 is 1.39 bits per heavy atom. The average Bonchev–Trinajstić information content (AvgIpc) is 2.27. The maximum absolute atomic E-state index is 11.9. The van der Waals surface area contributed by atoms with Gasteiger partial charge in [0.2, 0.25) is 0 Å². The van der Waals surface area contributed by atoms with E-state index in [9.17, 15) is 4.55 Å². The number of hydrogen-bond acceptors (Lipinski definition) is 2. The van der Waals surface area contributed by atoms with Crippen molar-refractivity contribution in [3.05, 3.63) is 33.8 Å². The molecule has 1 atom stereocenters. The zero-order valence-electron chi connectivity index (χ0n) is 11.6. The summed E-state index contributed by atoms with van der Waals surface area (Å²) in [6, 6.07) is 6.05. The molecule has 0 aromatic heterocycles. The number of nitrogens with zero attached hydrogens (tertiary/aromatic N) is 1. The minimum atomic E-state index is -0.943. The first kappa shape index (κ1) is 15.7. The first-order valence-corrected chi connectivity index (χ1v) is 7.99. The third kappa shape index (κ3) is 4.11. The summed E-state index contributed by atoms with van der Waals surface area (Å²) in [6.07, 6.45) is 0. The Balaban J connectivity index is 2.88. The summed E-state index contributed by atoms with van der Waals surface area (Å²) in [5.41, 5.74) is 3.21. The molecular formula is C14H20BrNOS. The van der Waals surface area contributed by atoms with Crippen LogP contribution in [-0.4, -0.2) is 20.9 Å². The van der Waals surface area contributed by atoms with Crippen molar-refractivity contribution in [3.8, 4) is 0 Å². The fourth-order valence-electron chi connectivity index (χ4n) is 1.43. The monoisotopic (exact) mass is 329 g/mol. The number of rotatable bonds is 3. The molecular weight excluding hydrogens is 310 g/mol. The Morgan fingerprint density at radius 3 is 2.56 bits per heavy atom. The van der Waals surface area contributed by atoms with Crippen molar-refractivity contribution in [2.24, 2.45) is 4.99 Å². The first-order valence-electron chi connectivity index (χ1n) is 5.88. The van der Waals surface area contributed by atoms with Crippen LogP contribution in [0.25, 0.3) is 0 Å². The average molecular weight is 330 g/mol. The summed E-state index contributed by atoms with van der Waals surface area (Å²) < 4.78 is 12.8. The maximum Gasteiger partial charge on any atom is 0.196 e. The van der Waals surface area contributed by atoms with E-state index >= 15 is 0 Å². The molecule has 0 fully saturated rings. The van der Waals surface area contributed by atoms with Gasteiger partial charge in [-0.25, -0.2) is 4.99 Å². The highest BCUT2D eigenvalue weighted by Crippen LogP contribution is 2.21. The molecule has 0 aliphatic carbocycles. The zero-order chi connectivity index (χ0) is 13.9. The molecule has 1 rings (SSSR count). The van der Waals surface area contributed by atoms with Crippen molar-refractivity contribution in [3.63, 3.8) is 0 Å². The van der Waals surface area contributed by atoms with Gasteiger partial charge in [-0.15, -0.1) is 0 Å². The predicted octanol–water partition coefficient (Wildman–Crippen LogP) is 4.07. The highest BCUT2D eigenvalue weighted by atomic mass is 79.9. The summed E-state index contributed by atoms with van der Waals surface area (Å²) in [4.78, 5) is 4.46. The van der Waals surface area contributed by atoms with E-state index in [0.717, 1.165) is 15.7 Å². The molecule has 1 aromatic rings. The van der Waals surface area contributed by atoms with E-state index < -0.39 is 11.2 Å². The molecule has 0 N–H and O–H groups in total. The molecule has 0 heterocycles. The van der Waals surface area contributed by atoms with Gasteiger partial charge < -0.3 is 4.55 Å². The molecule has 0 saturated carbocycles. The lowest BCUT2D eigenvalue weighted by atomic mass is 10.1. The van der Waals surface area contributed by atoms with E-state index in [0.29, 0.717) is 5.88 Å².